The molecule has 1 atom stereocenters. The maximum atomic E-state index is 14.2. The van der Waals surface area contributed by atoms with Crippen LogP contribution in [0, 0.1) is 19.7 Å². The first kappa shape index (κ1) is 16.9. The SMILES string of the molecule is Cc1nc(C)c(-c2cc(F)cc(C(=O)N3CCC(c4ccn[nH]4)C3)c2)s1. The first-order chi connectivity index (χ1) is 12.5. The molecule has 1 amide bonds. The maximum absolute atomic E-state index is 14.2. The van der Waals surface area contributed by atoms with Crippen molar-refractivity contribution >= 4 is 17.2 Å². The van der Waals surface area contributed by atoms with Gasteiger partial charge in [0.25, 0.3) is 5.91 Å². The number of likely N-dealkylation sites (tertiary alicyclic amines) is 1. The fraction of sp³-hybridized carbons (Fsp3) is 0.316. The van der Waals surface area contributed by atoms with Crippen LogP contribution in [0.3, 0.4) is 0 Å². The van der Waals surface area contributed by atoms with Crippen molar-refractivity contribution in [2.45, 2.75) is 26.2 Å². The fourth-order valence-corrected chi connectivity index (χ4v) is 4.43. The van der Waals surface area contributed by atoms with E-state index in [1.807, 2.05) is 19.9 Å². The maximum Gasteiger partial charge on any atom is 0.253 e. The van der Waals surface area contributed by atoms with E-state index >= 15 is 0 Å². The zero-order chi connectivity index (χ0) is 18.3. The van der Waals surface area contributed by atoms with Gasteiger partial charge in [0.1, 0.15) is 5.82 Å². The van der Waals surface area contributed by atoms with Gasteiger partial charge in [-0.05, 0) is 50.1 Å². The molecule has 1 unspecified atom stereocenters. The van der Waals surface area contributed by atoms with Crippen LogP contribution in [0.25, 0.3) is 10.4 Å². The number of nitrogens with zero attached hydrogens (tertiary/aromatic N) is 3. The lowest BCUT2D eigenvalue weighted by molar-refractivity contribution is 0.0790. The molecule has 0 bridgehead atoms. The zero-order valence-electron chi connectivity index (χ0n) is 14.6. The van der Waals surface area contributed by atoms with Crippen molar-refractivity contribution in [2.75, 3.05) is 13.1 Å². The average Bonchev–Trinajstić information content (AvgIpc) is 3.33. The van der Waals surface area contributed by atoms with Crippen molar-refractivity contribution in [2.24, 2.45) is 0 Å². The van der Waals surface area contributed by atoms with Gasteiger partial charge in [-0.3, -0.25) is 9.89 Å². The van der Waals surface area contributed by atoms with E-state index in [1.165, 1.54) is 23.5 Å². The summed E-state index contributed by atoms with van der Waals surface area (Å²) in [7, 11) is 0. The second-order valence-electron chi connectivity index (χ2n) is 6.62. The van der Waals surface area contributed by atoms with Crippen LogP contribution in [0.4, 0.5) is 4.39 Å². The highest BCUT2D eigenvalue weighted by Gasteiger charge is 2.29. The van der Waals surface area contributed by atoms with Gasteiger partial charge in [-0.25, -0.2) is 9.37 Å². The summed E-state index contributed by atoms with van der Waals surface area (Å²) in [6.07, 6.45) is 2.60. The molecule has 1 aliphatic rings. The Labute approximate surface area is 154 Å². The number of halogens is 1. The normalized spacial score (nSPS) is 17.0. The Kier molecular flexibility index (Phi) is 4.32. The van der Waals surface area contributed by atoms with E-state index in [9.17, 15) is 9.18 Å². The van der Waals surface area contributed by atoms with Crippen molar-refractivity contribution in [1.29, 1.82) is 0 Å². The van der Waals surface area contributed by atoms with E-state index in [0.717, 1.165) is 27.7 Å². The summed E-state index contributed by atoms with van der Waals surface area (Å²) in [5.41, 5.74) is 2.99. The Morgan fingerprint density at radius 3 is 2.88 bits per heavy atom. The second-order valence-corrected chi connectivity index (χ2v) is 7.83. The molecule has 0 aliphatic carbocycles. The molecule has 134 valence electrons. The van der Waals surface area contributed by atoms with Gasteiger partial charge in [0.15, 0.2) is 0 Å². The first-order valence-electron chi connectivity index (χ1n) is 8.55. The number of aromatic nitrogens is 3. The van der Waals surface area contributed by atoms with Gasteiger partial charge in [0, 0.05) is 36.5 Å². The molecule has 1 aromatic carbocycles. The van der Waals surface area contributed by atoms with Crippen LogP contribution >= 0.6 is 11.3 Å². The number of rotatable bonds is 3. The molecule has 1 N–H and O–H groups in total. The number of aromatic amines is 1. The average molecular weight is 370 g/mol. The highest BCUT2D eigenvalue weighted by molar-refractivity contribution is 7.15. The number of carbonyl (C=O) groups is 1. The standard InChI is InChI=1S/C19H19FN4OS/c1-11-18(26-12(2)22-11)14-7-15(9-16(20)8-14)19(25)24-6-4-13(10-24)17-3-5-21-23-17/h3,5,7-9,13H,4,6,10H2,1-2H3,(H,21,23). The third-order valence-corrected chi connectivity index (χ3v) is 5.87. The summed E-state index contributed by atoms with van der Waals surface area (Å²) >= 11 is 1.51. The number of aryl methyl sites for hydroxylation is 2. The van der Waals surface area contributed by atoms with Gasteiger partial charge >= 0.3 is 0 Å². The molecule has 26 heavy (non-hydrogen) atoms. The number of thiazole rings is 1. The van der Waals surface area contributed by atoms with E-state index in [-0.39, 0.29) is 11.8 Å². The largest absolute Gasteiger partial charge is 0.338 e. The number of nitrogens with one attached hydrogen (secondary N) is 1. The van der Waals surface area contributed by atoms with Gasteiger partial charge in [-0.1, -0.05) is 0 Å². The highest BCUT2D eigenvalue weighted by atomic mass is 32.1. The van der Waals surface area contributed by atoms with E-state index in [0.29, 0.717) is 24.2 Å². The molecule has 5 nitrogen and oxygen atoms in total. The third kappa shape index (κ3) is 3.14. The Hall–Kier alpha value is -2.54. The molecule has 7 heteroatoms. The lowest BCUT2D eigenvalue weighted by Gasteiger charge is -2.17. The minimum Gasteiger partial charge on any atom is -0.338 e. The minimum absolute atomic E-state index is 0.133. The van der Waals surface area contributed by atoms with Crippen LogP contribution in [0.1, 0.15) is 39.1 Å². The zero-order valence-corrected chi connectivity index (χ0v) is 15.4. The predicted molar refractivity (Wildman–Crippen MR) is 98.8 cm³/mol. The molecular weight excluding hydrogens is 351 g/mol. The van der Waals surface area contributed by atoms with Gasteiger partial charge in [-0.15, -0.1) is 11.3 Å². The van der Waals surface area contributed by atoms with Gasteiger partial charge < -0.3 is 4.90 Å². The lowest BCUT2D eigenvalue weighted by atomic mass is 10.1. The van der Waals surface area contributed by atoms with E-state index in [2.05, 4.69) is 15.2 Å². The second kappa shape index (κ2) is 6.64. The topological polar surface area (TPSA) is 61.9 Å². The predicted octanol–water partition coefficient (Wildman–Crippen LogP) is 3.92. The fourth-order valence-electron chi connectivity index (χ4n) is 3.52. The molecule has 0 radical (unpaired) electrons. The van der Waals surface area contributed by atoms with Crippen molar-refractivity contribution in [1.82, 2.24) is 20.1 Å². The highest BCUT2D eigenvalue weighted by Crippen LogP contribution is 2.32. The Balaban J connectivity index is 1.60. The van der Waals surface area contributed by atoms with Crippen molar-refractivity contribution in [3.05, 3.63) is 58.2 Å². The van der Waals surface area contributed by atoms with Crippen LogP contribution in [0.15, 0.2) is 30.5 Å². The third-order valence-electron chi connectivity index (χ3n) is 4.75. The van der Waals surface area contributed by atoms with Crippen molar-refractivity contribution < 1.29 is 9.18 Å². The van der Waals surface area contributed by atoms with Crippen molar-refractivity contribution in [3.63, 3.8) is 0 Å². The summed E-state index contributed by atoms with van der Waals surface area (Å²) in [6, 6.07) is 6.50. The number of carbonyl (C=O) groups excluding carboxylic acids is 1. The van der Waals surface area contributed by atoms with Crippen LogP contribution < -0.4 is 0 Å². The number of H-pyrrole nitrogens is 1. The van der Waals surface area contributed by atoms with Crippen LogP contribution in [-0.4, -0.2) is 39.1 Å². The molecule has 2 aromatic heterocycles. The number of benzene rings is 1. The van der Waals surface area contributed by atoms with Crippen LogP contribution in [0.2, 0.25) is 0 Å². The van der Waals surface area contributed by atoms with Crippen molar-refractivity contribution in [3.8, 4) is 10.4 Å². The first-order valence-corrected chi connectivity index (χ1v) is 9.36. The number of hydrogen-bond donors (Lipinski definition) is 1. The smallest absolute Gasteiger partial charge is 0.253 e. The quantitative estimate of drug-likeness (QED) is 0.760. The van der Waals surface area contributed by atoms with Gasteiger partial charge in [0.05, 0.1) is 15.6 Å². The van der Waals surface area contributed by atoms with Gasteiger partial charge in [-0.2, -0.15) is 5.10 Å². The molecular formula is C19H19FN4OS. The van der Waals surface area contributed by atoms with Crippen LogP contribution in [-0.2, 0) is 0 Å². The molecule has 0 spiro atoms. The minimum atomic E-state index is -0.402. The number of amides is 1. The summed E-state index contributed by atoms with van der Waals surface area (Å²) in [6.45, 7) is 5.10. The molecule has 3 heterocycles. The molecule has 0 saturated carbocycles. The van der Waals surface area contributed by atoms with E-state index in [1.54, 1.807) is 17.2 Å². The monoisotopic (exact) mass is 370 g/mol. The lowest BCUT2D eigenvalue weighted by Crippen LogP contribution is -2.28. The summed E-state index contributed by atoms with van der Waals surface area (Å²) in [4.78, 5) is 20.0. The van der Waals surface area contributed by atoms with Gasteiger partial charge in [0.2, 0.25) is 0 Å². The molecule has 3 aromatic rings. The van der Waals surface area contributed by atoms with E-state index < -0.39 is 5.82 Å². The molecule has 1 aliphatic heterocycles. The number of hydrogen-bond acceptors (Lipinski definition) is 4. The van der Waals surface area contributed by atoms with E-state index in [4.69, 9.17) is 0 Å². The molecule has 1 fully saturated rings. The Morgan fingerprint density at radius 2 is 2.19 bits per heavy atom. The Bertz CT molecular complexity index is 951. The summed E-state index contributed by atoms with van der Waals surface area (Å²) < 4.78 is 14.2. The van der Waals surface area contributed by atoms with Crippen LogP contribution in [0.5, 0.6) is 0 Å². The molecule has 1 saturated heterocycles. The summed E-state index contributed by atoms with van der Waals surface area (Å²) in [5.74, 6) is -0.284. The Morgan fingerprint density at radius 1 is 1.35 bits per heavy atom. The molecule has 4 rings (SSSR count). The summed E-state index contributed by atoms with van der Waals surface area (Å²) in [5, 5.41) is 7.88.